The minimum atomic E-state index is -2.90. The molecule has 6 rings (SSSR count). The first-order valence-electron chi connectivity index (χ1n) is 13.7. The summed E-state index contributed by atoms with van der Waals surface area (Å²) in [7, 11) is 1.54. The molecule has 0 spiro atoms. The lowest BCUT2D eigenvalue weighted by Crippen LogP contribution is -2.58. The smallest absolute Gasteiger partial charge is 0.282 e. The second-order valence-electron chi connectivity index (χ2n) is 10.5. The Hall–Kier alpha value is -5.19. The van der Waals surface area contributed by atoms with Crippen molar-refractivity contribution in [2.24, 2.45) is 0 Å². The number of halogens is 2. The maximum absolute atomic E-state index is 14.4. The number of benzene rings is 2. The number of hydrogen-bond acceptors (Lipinski definition) is 7. The molecule has 1 saturated heterocycles. The number of rotatable bonds is 7. The minimum absolute atomic E-state index is 0.0799. The van der Waals surface area contributed by atoms with E-state index in [4.69, 9.17) is 4.74 Å². The van der Waals surface area contributed by atoms with Crippen LogP contribution >= 0.6 is 0 Å². The summed E-state index contributed by atoms with van der Waals surface area (Å²) in [5.74, 6) is -2.46. The Morgan fingerprint density at radius 3 is 2.53 bits per heavy atom. The minimum Gasteiger partial charge on any atom is -0.481 e. The van der Waals surface area contributed by atoms with Gasteiger partial charge in [0.25, 0.3) is 17.4 Å². The highest BCUT2D eigenvalue weighted by molar-refractivity contribution is 5.99. The fourth-order valence-corrected chi connectivity index (χ4v) is 5.31. The second-order valence-corrected chi connectivity index (χ2v) is 10.5. The molecule has 2 aromatic carbocycles. The Kier molecular flexibility index (Phi) is 7.09. The number of likely N-dealkylation sites (tertiary alicyclic amines) is 1. The van der Waals surface area contributed by atoms with Gasteiger partial charge in [-0.15, -0.1) is 0 Å². The summed E-state index contributed by atoms with van der Waals surface area (Å²) >= 11 is 0. The molecule has 1 fully saturated rings. The van der Waals surface area contributed by atoms with Crippen LogP contribution in [0, 0.1) is 6.92 Å². The Bertz CT molecular complexity index is 1900. The average Bonchev–Trinajstić information content (AvgIpc) is 2.99. The van der Waals surface area contributed by atoms with Gasteiger partial charge in [0, 0.05) is 29.8 Å². The average molecular weight is 583 g/mol. The van der Waals surface area contributed by atoms with Gasteiger partial charge in [0.2, 0.25) is 5.88 Å². The molecule has 1 N–H and O–H groups in total. The monoisotopic (exact) mass is 582 g/mol. The Labute approximate surface area is 245 Å². The first-order valence-corrected chi connectivity index (χ1v) is 13.7. The van der Waals surface area contributed by atoms with E-state index in [9.17, 15) is 18.4 Å². The maximum Gasteiger partial charge on any atom is 0.282 e. The zero-order valence-corrected chi connectivity index (χ0v) is 23.7. The molecule has 0 saturated carbocycles. The van der Waals surface area contributed by atoms with Gasteiger partial charge in [0.15, 0.2) is 0 Å². The molecule has 1 atom stereocenters. The molecule has 11 heteroatoms. The number of hydrogen-bond donors (Lipinski definition) is 1. The van der Waals surface area contributed by atoms with Gasteiger partial charge in [-0.25, -0.2) is 23.7 Å². The van der Waals surface area contributed by atoms with Crippen LogP contribution in [-0.4, -0.2) is 56.4 Å². The van der Waals surface area contributed by atoms with Gasteiger partial charge in [0.05, 0.1) is 31.6 Å². The van der Waals surface area contributed by atoms with E-state index in [1.807, 2.05) is 67.6 Å². The zero-order chi connectivity index (χ0) is 30.3. The standard InChI is InChI=1S/C32H28F2N6O3/c1-19(37-29-25(16-36-20(2)38-29)30(41)39-17-32(33,34)18-39)26-14-22-8-7-11-24(21-12-13-35-27(15-21)43-3)28(22)31(42)40(26)23-9-5-4-6-10-23/h4-16,19H,17-18H2,1-3H3,(H,36,37,38)/t19-/m0/s1. The van der Waals surface area contributed by atoms with Crippen molar-refractivity contribution in [2.45, 2.75) is 25.8 Å². The molecule has 1 aliphatic heterocycles. The van der Waals surface area contributed by atoms with Crippen LogP contribution in [0.5, 0.6) is 5.88 Å². The van der Waals surface area contributed by atoms with Crippen molar-refractivity contribution in [3.05, 3.63) is 107 Å². The number of ether oxygens (including phenoxy) is 1. The van der Waals surface area contributed by atoms with Gasteiger partial charge in [-0.1, -0.05) is 36.4 Å². The molecule has 9 nitrogen and oxygen atoms in total. The van der Waals surface area contributed by atoms with Crippen LogP contribution in [0.25, 0.3) is 27.6 Å². The number of alkyl halides is 2. The molecule has 0 bridgehead atoms. The summed E-state index contributed by atoms with van der Waals surface area (Å²) in [6.45, 7) is 2.21. The van der Waals surface area contributed by atoms with Gasteiger partial charge in [-0.2, -0.15) is 0 Å². The first-order chi connectivity index (χ1) is 20.6. The van der Waals surface area contributed by atoms with Crippen LogP contribution in [0.2, 0.25) is 0 Å². The van der Waals surface area contributed by atoms with Crippen molar-refractivity contribution in [1.29, 1.82) is 0 Å². The van der Waals surface area contributed by atoms with E-state index in [1.54, 1.807) is 23.8 Å². The molecule has 5 aromatic rings. The third-order valence-corrected chi connectivity index (χ3v) is 7.41. The number of pyridine rings is 2. The number of methoxy groups -OCH3 is 1. The van der Waals surface area contributed by atoms with Gasteiger partial charge in [-0.05, 0) is 54.6 Å². The third-order valence-electron chi connectivity index (χ3n) is 7.41. The molecule has 4 heterocycles. The molecule has 3 aromatic heterocycles. The van der Waals surface area contributed by atoms with Gasteiger partial charge >= 0.3 is 0 Å². The number of anilines is 1. The molecule has 43 heavy (non-hydrogen) atoms. The fraction of sp³-hybridized carbons (Fsp3) is 0.219. The number of nitrogens with one attached hydrogen (secondary N) is 1. The van der Waals surface area contributed by atoms with Crippen molar-refractivity contribution < 1.29 is 18.3 Å². The van der Waals surface area contributed by atoms with E-state index in [0.717, 1.165) is 16.0 Å². The first kappa shape index (κ1) is 28.0. The van der Waals surface area contributed by atoms with Crippen LogP contribution in [-0.2, 0) is 0 Å². The van der Waals surface area contributed by atoms with Crippen molar-refractivity contribution >= 4 is 22.5 Å². The number of aryl methyl sites for hydroxylation is 1. The summed E-state index contributed by atoms with van der Waals surface area (Å²) in [6, 6.07) is 19.9. The molecule has 218 valence electrons. The van der Waals surface area contributed by atoms with Crippen LogP contribution < -0.4 is 15.6 Å². The van der Waals surface area contributed by atoms with E-state index in [2.05, 4.69) is 20.3 Å². The Morgan fingerprint density at radius 2 is 1.81 bits per heavy atom. The topological polar surface area (TPSA) is 102 Å². The lowest BCUT2D eigenvalue weighted by molar-refractivity contribution is -0.113. The summed E-state index contributed by atoms with van der Waals surface area (Å²) in [5, 5.41) is 4.50. The van der Waals surface area contributed by atoms with Gasteiger partial charge < -0.3 is 15.0 Å². The number of para-hydroxylation sites is 1. The highest BCUT2D eigenvalue weighted by Crippen LogP contribution is 2.33. The molecule has 1 aliphatic rings. The number of amides is 1. The molecular formula is C32H28F2N6O3. The molecular weight excluding hydrogens is 554 g/mol. The fourth-order valence-electron chi connectivity index (χ4n) is 5.31. The summed E-state index contributed by atoms with van der Waals surface area (Å²) in [6.07, 6.45) is 2.98. The number of carbonyl (C=O) groups excluding carboxylic acids is 1. The molecule has 0 aliphatic carbocycles. The molecule has 1 amide bonds. The largest absolute Gasteiger partial charge is 0.481 e. The van der Waals surface area contributed by atoms with E-state index in [1.165, 1.54) is 13.3 Å². The van der Waals surface area contributed by atoms with Crippen LogP contribution in [0.15, 0.2) is 83.9 Å². The van der Waals surface area contributed by atoms with E-state index < -0.39 is 31.0 Å². The number of carbonyl (C=O) groups is 1. The van der Waals surface area contributed by atoms with Crippen LogP contribution in [0.4, 0.5) is 14.6 Å². The number of aromatic nitrogens is 4. The predicted octanol–water partition coefficient (Wildman–Crippen LogP) is 5.42. The lowest BCUT2D eigenvalue weighted by Gasteiger charge is -2.38. The highest BCUT2D eigenvalue weighted by atomic mass is 19.3. The zero-order valence-electron chi connectivity index (χ0n) is 23.7. The lowest BCUT2D eigenvalue weighted by atomic mass is 9.98. The molecule has 0 unspecified atom stereocenters. The highest BCUT2D eigenvalue weighted by Gasteiger charge is 2.47. The van der Waals surface area contributed by atoms with Crippen LogP contribution in [0.3, 0.4) is 0 Å². The predicted molar refractivity (Wildman–Crippen MR) is 159 cm³/mol. The SMILES string of the molecule is COc1cc(-c2cccc3cc([C@H](C)Nc4nc(C)ncc4C(=O)N4CC(F)(F)C4)n(-c4ccccc4)c(=O)c23)ccn1. The Morgan fingerprint density at radius 1 is 1.05 bits per heavy atom. The van der Waals surface area contributed by atoms with E-state index in [-0.39, 0.29) is 16.9 Å². The van der Waals surface area contributed by atoms with Crippen molar-refractivity contribution in [3.8, 4) is 22.7 Å². The van der Waals surface area contributed by atoms with E-state index in [0.29, 0.717) is 33.9 Å². The number of nitrogens with zero attached hydrogens (tertiary/aromatic N) is 5. The molecule has 0 radical (unpaired) electrons. The van der Waals surface area contributed by atoms with Crippen molar-refractivity contribution in [1.82, 2.24) is 24.4 Å². The maximum atomic E-state index is 14.4. The normalized spacial score (nSPS) is 14.7. The Balaban J connectivity index is 1.48. The number of fused-ring (bicyclic) bond motifs is 1. The summed E-state index contributed by atoms with van der Waals surface area (Å²) in [4.78, 5) is 41.3. The summed E-state index contributed by atoms with van der Waals surface area (Å²) < 4.78 is 34.0. The van der Waals surface area contributed by atoms with E-state index >= 15 is 0 Å². The van der Waals surface area contributed by atoms with Crippen molar-refractivity contribution in [2.75, 3.05) is 25.5 Å². The quantitative estimate of drug-likeness (QED) is 0.273. The summed E-state index contributed by atoms with van der Waals surface area (Å²) in [5.41, 5.74) is 2.61. The van der Waals surface area contributed by atoms with Crippen molar-refractivity contribution in [3.63, 3.8) is 0 Å². The van der Waals surface area contributed by atoms with Crippen LogP contribution in [0.1, 0.15) is 34.8 Å². The second kappa shape index (κ2) is 10.9. The van der Waals surface area contributed by atoms with Gasteiger partial charge in [-0.3, -0.25) is 14.2 Å². The third kappa shape index (κ3) is 5.29. The van der Waals surface area contributed by atoms with Gasteiger partial charge in [0.1, 0.15) is 17.2 Å².